The Bertz CT molecular complexity index is 419. The van der Waals surface area contributed by atoms with Crippen molar-refractivity contribution in [1.29, 1.82) is 0 Å². The van der Waals surface area contributed by atoms with Crippen LogP contribution in [-0.2, 0) is 42.1 Å². The molecule has 0 aromatic heterocycles. The highest BCUT2D eigenvalue weighted by Crippen LogP contribution is 2.48. The number of rotatable bonds is 9. The van der Waals surface area contributed by atoms with Gasteiger partial charge in [0.15, 0.2) is 18.7 Å². The van der Waals surface area contributed by atoms with Crippen molar-refractivity contribution in [3.63, 3.8) is 0 Å². The van der Waals surface area contributed by atoms with E-state index in [-0.39, 0.29) is 26.0 Å². The van der Waals surface area contributed by atoms with Gasteiger partial charge in [-0.25, -0.2) is 0 Å². The zero-order valence-electron chi connectivity index (χ0n) is 13.7. The molecule has 3 atom stereocenters. The number of hydrogen-bond donors (Lipinski definition) is 0. The van der Waals surface area contributed by atoms with Crippen LogP contribution in [0.4, 0.5) is 0 Å². The van der Waals surface area contributed by atoms with Crippen LogP contribution in [0.3, 0.4) is 0 Å². The summed E-state index contributed by atoms with van der Waals surface area (Å²) in [7, 11) is -3.38. The van der Waals surface area contributed by atoms with Gasteiger partial charge in [0.05, 0.1) is 13.2 Å². The Labute approximate surface area is 135 Å². The fourth-order valence-electron chi connectivity index (χ4n) is 1.96. The molecule has 1 fully saturated rings. The molecule has 9 nitrogen and oxygen atoms in total. The van der Waals surface area contributed by atoms with Gasteiger partial charge in [0.25, 0.3) is 0 Å². The second kappa shape index (κ2) is 9.34. The van der Waals surface area contributed by atoms with Gasteiger partial charge in [0.2, 0.25) is 6.29 Å². The van der Waals surface area contributed by atoms with Crippen molar-refractivity contribution < 1.29 is 42.1 Å². The second-order valence-corrected chi connectivity index (χ2v) is 6.67. The number of carbonyl (C=O) groups is 2. The SMILES string of the molecule is CCOP(=O)(CO[C@@H]1C[C@H](OC(C)=O)[C@H](OC(C)=O)O1)OCC. The Balaban J connectivity index is 2.61. The van der Waals surface area contributed by atoms with E-state index in [2.05, 4.69) is 0 Å². The number of hydrogen-bond acceptors (Lipinski definition) is 9. The van der Waals surface area contributed by atoms with Gasteiger partial charge in [0, 0.05) is 20.3 Å². The quantitative estimate of drug-likeness (QED) is 0.452. The first-order valence-corrected chi connectivity index (χ1v) is 9.02. The van der Waals surface area contributed by atoms with E-state index in [4.69, 9.17) is 28.0 Å². The number of carbonyl (C=O) groups excluding carboxylic acids is 2. The molecule has 0 aromatic carbocycles. The van der Waals surface area contributed by atoms with Crippen LogP contribution in [-0.4, -0.2) is 50.2 Å². The molecule has 1 rings (SSSR count). The number of esters is 2. The standard InChI is InChI=1S/C13H23O9P/c1-5-18-23(16,19-6-2)8-17-12-7-11(20-9(3)14)13(22-12)21-10(4)15/h11-13H,5-8H2,1-4H3/t11-,12-,13+/m0/s1. The Hall–Kier alpha value is -0.990. The van der Waals surface area contributed by atoms with E-state index < -0.39 is 38.2 Å². The zero-order chi connectivity index (χ0) is 17.5. The lowest BCUT2D eigenvalue weighted by Gasteiger charge is -2.19. The maximum Gasteiger partial charge on any atom is 0.356 e. The largest absolute Gasteiger partial charge is 0.456 e. The molecule has 0 N–H and O–H groups in total. The molecule has 10 heteroatoms. The molecule has 134 valence electrons. The first kappa shape index (κ1) is 20.1. The van der Waals surface area contributed by atoms with E-state index in [9.17, 15) is 14.2 Å². The lowest BCUT2D eigenvalue weighted by Crippen LogP contribution is -2.30. The summed E-state index contributed by atoms with van der Waals surface area (Å²) in [6.07, 6.45) is -2.91. The van der Waals surface area contributed by atoms with E-state index in [0.717, 1.165) is 0 Å². The molecule has 1 heterocycles. The minimum atomic E-state index is -3.38. The molecule has 0 amide bonds. The van der Waals surface area contributed by atoms with Crippen LogP contribution in [0.2, 0.25) is 0 Å². The van der Waals surface area contributed by atoms with Gasteiger partial charge in [-0.3, -0.25) is 14.2 Å². The third kappa shape index (κ3) is 6.97. The summed E-state index contributed by atoms with van der Waals surface area (Å²) < 4.78 is 43.2. The molecule has 1 aliphatic heterocycles. The molecule has 0 aliphatic carbocycles. The average Bonchev–Trinajstić information content (AvgIpc) is 2.78. The van der Waals surface area contributed by atoms with Crippen LogP contribution in [0, 0.1) is 0 Å². The topological polar surface area (TPSA) is 107 Å². The predicted octanol–water partition coefficient (Wildman–Crippen LogP) is 1.79. The van der Waals surface area contributed by atoms with E-state index in [0.29, 0.717) is 0 Å². The van der Waals surface area contributed by atoms with Gasteiger partial charge >= 0.3 is 19.5 Å². The summed E-state index contributed by atoms with van der Waals surface area (Å²) in [5.74, 6) is -1.12. The molecular formula is C13H23O9P. The Morgan fingerprint density at radius 1 is 1.09 bits per heavy atom. The van der Waals surface area contributed by atoms with Crippen molar-refractivity contribution in [3.8, 4) is 0 Å². The van der Waals surface area contributed by atoms with Gasteiger partial charge < -0.3 is 28.0 Å². The van der Waals surface area contributed by atoms with Crippen LogP contribution in [0.1, 0.15) is 34.1 Å². The van der Waals surface area contributed by atoms with Crippen molar-refractivity contribution in [3.05, 3.63) is 0 Å². The second-order valence-electron chi connectivity index (χ2n) is 4.67. The maximum absolute atomic E-state index is 12.3. The first-order valence-electron chi connectivity index (χ1n) is 7.29. The summed E-state index contributed by atoms with van der Waals surface area (Å²) in [6.45, 7) is 6.23. The predicted molar refractivity (Wildman–Crippen MR) is 77.4 cm³/mol. The van der Waals surface area contributed by atoms with E-state index in [1.165, 1.54) is 13.8 Å². The molecule has 1 saturated heterocycles. The summed E-state index contributed by atoms with van der Waals surface area (Å²) >= 11 is 0. The minimum absolute atomic E-state index is 0.135. The van der Waals surface area contributed by atoms with Gasteiger partial charge in [-0.2, -0.15) is 0 Å². The van der Waals surface area contributed by atoms with E-state index in [1.54, 1.807) is 13.8 Å². The summed E-state index contributed by atoms with van der Waals surface area (Å²) in [6, 6.07) is 0. The minimum Gasteiger partial charge on any atom is -0.456 e. The van der Waals surface area contributed by atoms with Gasteiger partial charge in [0.1, 0.15) is 0 Å². The van der Waals surface area contributed by atoms with Crippen molar-refractivity contribution in [2.75, 3.05) is 19.6 Å². The number of ether oxygens (including phenoxy) is 4. The van der Waals surface area contributed by atoms with Gasteiger partial charge in [-0.05, 0) is 13.8 Å². The van der Waals surface area contributed by atoms with Crippen molar-refractivity contribution in [2.45, 2.75) is 52.8 Å². The summed E-state index contributed by atoms with van der Waals surface area (Å²) in [4.78, 5) is 22.1. The Morgan fingerprint density at radius 2 is 1.65 bits per heavy atom. The fourth-order valence-corrected chi connectivity index (χ4v) is 3.32. The highest BCUT2D eigenvalue weighted by atomic mass is 31.2. The molecule has 0 aromatic rings. The normalized spacial score (nSPS) is 24.4. The van der Waals surface area contributed by atoms with Crippen molar-refractivity contribution in [1.82, 2.24) is 0 Å². The van der Waals surface area contributed by atoms with Crippen molar-refractivity contribution >= 4 is 19.5 Å². The van der Waals surface area contributed by atoms with Crippen LogP contribution in [0.15, 0.2) is 0 Å². The highest BCUT2D eigenvalue weighted by molar-refractivity contribution is 7.53. The van der Waals surface area contributed by atoms with Gasteiger partial charge in [-0.1, -0.05) is 0 Å². The molecule has 0 spiro atoms. The smallest absolute Gasteiger partial charge is 0.356 e. The average molecular weight is 354 g/mol. The molecule has 0 saturated carbocycles. The fraction of sp³-hybridized carbons (Fsp3) is 0.846. The summed E-state index contributed by atoms with van der Waals surface area (Å²) in [5, 5.41) is 0. The van der Waals surface area contributed by atoms with Gasteiger partial charge in [-0.15, -0.1) is 0 Å². The molecular weight excluding hydrogens is 331 g/mol. The third-order valence-corrected chi connectivity index (χ3v) is 4.45. The zero-order valence-corrected chi connectivity index (χ0v) is 14.6. The molecule has 0 bridgehead atoms. The molecule has 23 heavy (non-hydrogen) atoms. The lowest BCUT2D eigenvalue weighted by molar-refractivity contribution is -0.217. The maximum atomic E-state index is 12.3. The van der Waals surface area contributed by atoms with Crippen LogP contribution < -0.4 is 0 Å². The Kier molecular flexibility index (Phi) is 8.15. The lowest BCUT2D eigenvalue weighted by atomic mass is 10.3. The van der Waals surface area contributed by atoms with Crippen LogP contribution >= 0.6 is 7.60 Å². The third-order valence-electron chi connectivity index (χ3n) is 2.68. The monoisotopic (exact) mass is 354 g/mol. The van der Waals surface area contributed by atoms with E-state index in [1.807, 2.05) is 0 Å². The summed E-state index contributed by atoms with van der Waals surface area (Å²) in [5.41, 5.74) is 0. The molecule has 1 aliphatic rings. The Morgan fingerprint density at radius 3 is 2.13 bits per heavy atom. The van der Waals surface area contributed by atoms with E-state index >= 15 is 0 Å². The van der Waals surface area contributed by atoms with Crippen LogP contribution in [0.25, 0.3) is 0 Å². The molecule has 0 radical (unpaired) electrons. The first-order chi connectivity index (χ1) is 10.8. The highest BCUT2D eigenvalue weighted by Gasteiger charge is 2.41. The van der Waals surface area contributed by atoms with Crippen LogP contribution in [0.5, 0.6) is 0 Å². The van der Waals surface area contributed by atoms with Crippen molar-refractivity contribution in [2.24, 2.45) is 0 Å². The molecule has 0 unspecified atom stereocenters.